The van der Waals surface area contributed by atoms with E-state index in [-0.39, 0.29) is 5.91 Å². The lowest BCUT2D eigenvalue weighted by Gasteiger charge is -2.48. The molecule has 2 aliphatic heterocycles. The summed E-state index contributed by atoms with van der Waals surface area (Å²) in [4.78, 5) is 17.3. The van der Waals surface area contributed by atoms with Gasteiger partial charge in [-0.05, 0) is 88.0 Å². The molecule has 1 amide bonds. The first kappa shape index (κ1) is 36.4. The summed E-state index contributed by atoms with van der Waals surface area (Å²) in [5, 5.41) is 33.8. The third kappa shape index (κ3) is 8.83. The maximum atomic E-state index is 13.0. The number of hydrogen-bond donors (Lipinski definition) is 6. The van der Waals surface area contributed by atoms with Gasteiger partial charge in [0.25, 0.3) is 0 Å². The van der Waals surface area contributed by atoms with Gasteiger partial charge in [-0.25, -0.2) is 0 Å². The van der Waals surface area contributed by atoms with Gasteiger partial charge in [0.15, 0.2) is 5.72 Å². The van der Waals surface area contributed by atoms with Crippen LogP contribution in [0.2, 0.25) is 0 Å². The van der Waals surface area contributed by atoms with Gasteiger partial charge >= 0.3 is 0 Å². The predicted octanol–water partition coefficient (Wildman–Crippen LogP) is 4.82. The zero-order valence-electron chi connectivity index (χ0n) is 29.8. The number of aliphatic hydroxyl groups excluding tert-OH is 1. The topological polar surface area (TPSA) is 126 Å². The number of aryl methyl sites for hydroxylation is 1. The Bertz CT molecular complexity index is 1530. The number of amides is 1. The highest BCUT2D eigenvalue weighted by atomic mass is 16.3. The van der Waals surface area contributed by atoms with E-state index in [1.54, 1.807) is 20.8 Å². The highest BCUT2D eigenvalue weighted by Gasteiger charge is 2.45. The maximum absolute atomic E-state index is 13.0. The van der Waals surface area contributed by atoms with Crippen molar-refractivity contribution in [2.45, 2.75) is 95.8 Å². The minimum atomic E-state index is -1.51. The van der Waals surface area contributed by atoms with Crippen molar-refractivity contribution in [2.24, 2.45) is 11.7 Å². The van der Waals surface area contributed by atoms with Crippen LogP contribution in [-0.2, 0) is 16.8 Å². The molecule has 4 atom stereocenters. The Labute approximate surface area is 292 Å². The molecule has 5 rings (SSSR count). The molecule has 2 heterocycles. The summed E-state index contributed by atoms with van der Waals surface area (Å²) in [5.74, 6) is 0.905. The largest absolute Gasteiger partial charge is 0.376 e. The number of piperidine rings is 1. The molecule has 0 bridgehead atoms. The van der Waals surface area contributed by atoms with Gasteiger partial charge in [-0.3, -0.25) is 9.69 Å². The Hall–Kier alpha value is -3.89. The Morgan fingerprint density at radius 3 is 2.14 bits per heavy atom. The molecule has 9 heteroatoms. The van der Waals surface area contributed by atoms with Gasteiger partial charge in [0.05, 0.1) is 18.2 Å². The molecular formula is C40H56N6O3. The third-order valence-corrected chi connectivity index (χ3v) is 10.3. The number of hydrogen-bond acceptors (Lipinski definition) is 8. The molecule has 0 spiro atoms. The Balaban J connectivity index is 1.39. The molecule has 0 aliphatic carbocycles. The van der Waals surface area contributed by atoms with Crippen LogP contribution in [0.4, 0.5) is 0 Å². The van der Waals surface area contributed by atoms with Crippen LogP contribution in [0.15, 0.2) is 97.0 Å². The highest BCUT2D eigenvalue weighted by molar-refractivity contribution is 5.85. The zero-order chi connectivity index (χ0) is 35.2. The van der Waals surface area contributed by atoms with E-state index >= 15 is 0 Å². The lowest BCUT2D eigenvalue weighted by Crippen LogP contribution is -2.63. The first-order valence-electron chi connectivity index (χ1n) is 17.7. The van der Waals surface area contributed by atoms with Crippen LogP contribution in [0.1, 0.15) is 71.4 Å². The average molecular weight is 669 g/mol. The van der Waals surface area contributed by atoms with Crippen LogP contribution in [-0.4, -0.2) is 69.2 Å². The average Bonchev–Trinajstić information content (AvgIpc) is 3.56. The Morgan fingerprint density at radius 1 is 0.939 bits per heavy atom. The molecule has 9 nitrogen and oxygen atoms in total. The van der Waals surface area contributed by atoms with Crippen molar-refractivity contribution in [1.82, 2.24) is 25.8 Å². The monoisotopic (exact) mass is 668 g/mol. The van der Waals surface area contributed by atoms with Crippen molar-refractivity contribution < 1.29 is 15.0 Å². The molecule has 0 aromatic heterocycles. The van der Waals surface area contributed by atoms with Crippen molar-refractivity contribution in [3.63, 3.8) is 0 Å². The zero-order valence-corrected chi connectivity index (χ0v) is 29.8. The molecule has 3 unspecified atom stereocenters. The predicted molar refractivity (Wildman–Crippen MR) is 196 cm³/mol. The SMILES string of the molecule is CC1CCN(C(O)C(C)(c2ccc(-c3ccccc3)cc2)N2C=C(NC(C)(O)[C@@H](CCCc3ccccc3)NC(=O)C(C)(C)N)NC2)CC1. The van der Waals surface area contributed by atoms with E-state index in [1.165, 1.54) is 5.56 Å². The van der Waals surface area contributed by atoms with Crippen LogP contribution in [0.3, 0.4) is 0 Å². The Morgan fingerprint density at radius 2 is 1.53 bits per heavy atom. The van der Waals surface area contributed by atoms with Gasteiger partial charge in [-0.1, -0.05) is 91.9 Å². The van der Waals surface area contributed by atoms with Crippen molar-refractivity contribution in [1.29, 1.82) is 0 Å². The lowest BCUT2D eigenvalue weighted by molar-refractivity contribution is -0.128. The molecule has 1 fully saturated rings. The van der Waals surface area contributed by atoms with Crippen molar-refractivity contribution in [2.75, 3.05) is 19.8 Å². The standard InChI is InChI=1S/C40H56N6O3/c1-29-23-25-45(26-24-29)37(48)39(4,33-21-19-32(20-22-33)31-16-10-7-11-17-31)46-27-35(42-28-46)44-40(5,49)34(43-36(47)38(2,3)41)18-12-15-30-13-8-6-9-14-30/h6-11,13-14,16-17,19-22,27,29,34,37,42,44,48-49H,12,15,18,23-26,28,41H2,1-5H3,(H,43,47)/t34-,37?,39?,40?/m1/s1. The maximum Gasteiger partial charge on any atom is 0.239 e. The molecule has 0 radical (unpaired) electrons. The molecule has 3 aromatic rings. The number of nitrogens with one attached hydrogen (secondary N) is 3. The van der Waals surface area contributed by atoms with E-state index < -0.39 is 29.1 Å². The van der Waals surface area contributed by atoms with Crippen molar-refractivity contribution in [3.05, 3.63) is 108 Å². The van der Waals surface area contributed by atoms with E-state index in [2.05, 4.69) is 88.1 Å². The molecule has 7 N–H and O–H groups in total. The first-order valence-corrected chi connectivity index (χ1v) is 17.7. The summed E-state index contributed by atoms with van der Waals surface area (Å²) >= 11 is 0. The smallest absolute Gasteiger partial charge is 0.239 e. The molecule has 0 saturated carbocycles. The van der Waals surface area contributed by atoms with Crippen LogP contribution >= 0.6 is 0 Å². The van der Waals surface area contributed by atoms with Crippen LogP contribution in [0, 0.1) is 5.92 Å². The fraction of sp³-hybridized carbons (Fsp3) is 0.475. The fourth-order valence-electron chi connectivity index (χ4n) is 6.87. The number of benzene rings is 3. The lowest BCUT2D eigenvalue weighted by atomic mass is 9.85. The number of rotatable bonds is 14. The molecule has 264 valence electrons. The van der Waals surface area contributed by atoms with Gasteiger partial charge in [0.2, 0.25) is 5.91 Å². The van der Waals surface area contributed by atoms with Gasteiger partial charge in [-0.2, -0.15) is 0 Å². The first-order chi connectivity index (χ1) is 23.3. The van der Waals surface area contributed by atoms with E-state index in [4.69, 9.17) is 5.73 Å². The second-order valence-electron chi connectivity index (χ2n) is 14.9. The van der Waals surface area contributed by atoms with Gasteiger partial charge in [0.1, 0.15) is 17.6 Å². The Kier molecular flexibility index (Phi) is 11.4. The van der Waals surface area contributed by atoms with E-state index in [9.17, 15) is 15.0 Å². The fourth-order valence-corrected chi connectivity index (χ4v) is 6.87. The minimum absolute atomic E-state index is 0.334. The highest BCUT2D eigenvalue weighted by Crippen LogP contribution is 2.38. The normalized spacial score (nSPS) is 19.6. The molecule has 3 aromatic carbocycles. The van der Waals surface area contributed by atoms with Gasteiger partial charge in [-0.15, -0.1) is 0 Å². The number of likely N-dealkylation sites (tertiary alicyclic amines) is 1. The molecule has 1 saturated heterocycles. The number of carbonyl (C=O) groups is 1. The summed E-state index contributed by atoms with van der Waals surface area (Å²) in [6.45, 7) is 11.4. The van der Waals surface area contributed by atoms with Gasteiger partial charge in [0, 0.05) is 19.3 Å². The summed E-state index contributed by atoms with van der Waals surface area (Å²) in [7, 11) is 0. The molecular weight excluding hydrogens is 612 g/mol. The number of nitrogens with zero attached hydrogens (tertiary/aromatic N) is 2. The molecule has 49 heavy (non-hydrogen) atoms. The summed E-state index contributed by atoms with van der Waals surface area (Å²) in [5.41, 5.74) is 7.16. The van der Waals surface area contributed by atoms with Crippen LogP contribution in [0.25, 0.3) is 11.1 Å². The summed E-state index contributed by atoms with van der Waals surface area (Å²) < 4.78 is 0. The van der Waals surface area contributed by atoms with E-state index in [0.717, 1.165) is 55.5 Å². The van der Waals surface area contributed by atoms with E-state index in [1.807, 2.05) is 42.6 Å². The van der Waals surface area contributed by atoms with E-state index in [0.29, 0.717) is 24.8 Å². The number of carbonyl (C=O) groups excluding carboxylic acids is 1. The minimum Gasteiger partial charge on any atom is -0.376 e. The second-order valence-corrected chi connectivity index (χ2v) is 14.9. The van der Waals surface area contributed by atoms with Crippen LogP contribution < -0.4 is 21.7 Å². The summed E-state index contributed by atoms with van der Waals surface area (Å²) in [6.07, 6.45) is 5.35. The van der Waals surface area contributed by atoms with Gasteiger partial charge < -0.3 is 36.8 Å². The van der Waals surface area contributed by atoms with Crippen LogP contribution in [0.5, 0.6) is 0 Å². The third-order valence-electron chi connectivity index (χ3n) is 10.3. The van der Waals surface area contributed by atoms with Crippen molar-refractivity contribution in [3.8, 4) is 11.1 Å². The molecule has 2 aliphatic rings. The quantitative estimate of drug-likeness (QED) is 0.135. The number of aliphatic hydroxyl groups is 2. The number of nitrogens with two attached hydrogens (primary N) is 1. The van der Waals surface area contributed by atoms with Crippen molar-refractivity contribution >= 4 is 5.91 Å². The summed E-state index contributed by atoms with van der Waals surface area (Å²) in [6, 6.07) is 28.3. The second kappa shape index (κ2) is 15.3.